The van der Waals surface area contributed by atoms with E-state index >= 15 is 0 Å². The van der Waals surface area contributed by atoms with Gasteiger partial charge < -0.3 is 5.32 Å². The van der Waals surface area contributed by atoms with Crippen LogP contribution in [0.1, 0.15) is 20.3 Å². The molecule has 2 nitrogen and oxygen atoms in total. The first-order chi connectivity index (χ1) is 6.59. The maximum Gasteiger partial charge on any atom is 0.127 e. The highest BCUT2D eigenvalue weighted by Gasteiger charge is 2.18. The molecule has 0 aliphatic heterocycles. The second-order valence-corrected chi connectivity index (χ2v) is 4.23. The lowest BCUT2D eigenvalue weighted by Gasteiger charge is -2.23. The maximum atomic E-state index is 5.45. The molecule has 0 fully saturated rings. The van der Waals surface area contributed by atoms with Crippen LogP contribution in [0.2, 0.25) is 0 Å². The zero-order valence-corrected chi connectivity index (χ0v) is 9.93. The first-order valence-electron chi connectivity index (χ1n) is 4.47. The fourth-order valence-electron chi connectivity index (χ4n) is 0.959. The molecule has 0 saturated carbocycles. The fourth-order valence-corrected chi connectivity index (χ4v) is 1.19. The summed E-state index contributed by atoms with van der Waals surface area (Å²) in [6.45, 7) is 4.03. The molecule has 3 heteroatoms. The Morgan fingerprint density at radius 2 is 2.36 bits per heavy atom. The normalized spacial score (nSPS) is 14.1. The van der Waals surface area contributed by atoms with Crippen molar-refractivity contribution in [2.75, 3.05) is 5.32 Å². The van der Waals surface area contributed by atoms with E-state index in [9.17, 15) is 0 Å². The minimum atomic E-state index is -0.319. The highest BCUT2D eigenvalue weighted by molar-refractivity contribution is 9.10. The molecular weight excluding hydrogens is 240 g/mol. The van der Waals surface area contributed by atoms with E-state index in [1.807, 2.05) is 26.0 Å². The van der Waals surface area contributed by atoms with Crippen molar-refractivity contribution in [3.05, 3.63) is 22.8 Å². The molecule has 0 radical (unpaired) electrons. The zero-order valence-electron chi connectivity index (χ0n) is 8.34. The average Bonchev–Trinajstić information content (AvgIpc) is 2.21. The first-order valence-corrected chi connectivity index (χ1v) is 5.26. The topological polar surface area (TPSA) is 24.9 Å². The van der Waals surface area contributed by atoms with Crippen molar-refractivity contribution in [2.24, 2.45) is 0 Å². The molecule has 1 aromatic heterocycles. The van der Waals surface area contributed by atoms with E-state index in [4.69, 9.17) is 6.42 Å². The number of nitrogens with one attached hydrogen (secondary N) is 1. The standard InChI is InChI=1S/C11H13BrN2/c1-4-11(3,5-2)14-10-7-6-9(12)8-13-10/h1,6-8H,5H2,2-3H3,(H,13,14). The summed E-state index contributed by atoms with van der Waals surface area (Å²) in [5, 5.41) is 3.21. The lowest BCUT2D eigenvalue weighted by atomic mass is 10.0. The quantitative estimate of drug-likeness (QED) is 0.837. The lowest BCUT2D eigenvalue weighted by molar-refractivity contribution is 0.632. The molecule has 1 aromatic rings. The Bertz CT molecular complexity index is 339. The van der Waals surface area contributed by atoms with Crippen molar-refractivity contribution >= 4 is 21.7 Å². The average molecular weight is 253 g/mol. The predicted octanol–water partition coefficient (Wildman–Crippen LogP) is 3.06. The summed E-state index contributed by atoms with van der Waals surface area (Å²) in [6.07, 6.45) is 8.05. The lowest BCUT2D eigenvalue weighted by Crippen LogP contribution is -2.32. The highest BCUT2D eigenvalue weighted by Crippen LogP contribution is 2.17. The summed E-state index contributed by atoms with van der Waals surface area (Å²) in [5.41, 5.74) is -0.319. The van der Waals surface area contributed by atoms with Gasteiger partial charge in [-0.1, -0.05) is 12.8 Å². The number of pyridine rings is 1. The molecule has 1 unspecified atom stereocenters. The molecule has 0 saturated heterocycles. The van der Waals surface area contributed by atoms with Gasteiger partial charge in [0.25, 0.3) is 0 Å². The second kappa shape index (κ2) is 4.47. The number of terminal acetylenes is 1. The van der Waals surface area contributed by atoms with Crippen molar-refractivity contribution < 1.29 is 0 Å². The van der Waals surface area contributed by atoms with Crippen molar-refractivity contribution in [1.82, 2.24) is 4.98 Å². The van der Waals surface area contributed by atoms with Crippen LogP contribution in [0.15, 0.2) is 22.8 Å². The van der Waals surface area contributed by atoms with Crippen LogP contribution in [-0.2, 0) is 0 Å². The molecule has 74 valence electrons. The molecule has 0 spiro atoms. The monoisotopic (exact) mass is 252 g/mol. The van der Waals surface area contributed by atoms with Crippen molar-refractivity contribution in [1.29, 1.82) is 0 Å². The molecule has 0 aromatic carbocycles. The van der Waals surface area contributed by atoms with Gasteiger partial charge in [-0.15, -0.1) is 6.42 Å². The minimum Gasteiger partial charge on any atom is -0.354 e. The van der Waals surface area contributed by atoms with Gasteiger partial charge in [0, 0.05) is 10.7 Å². The van der Waals surface area contributed by atoms with Gasteiger partial charge in [0.05, 0.1) is 5.54 Å². The predicted molar refractivity (Wildman–Crippen MR) is 63.1 cm³/mol. The zero-order chi connectivity index (χ0) is 10.6. The van der Waals surface area contributed by atoms with E-state index in [-0.39, 0.29) is 5.54 Å². The van der Waals surface area contributed by atoms with Crippen LogP contribution in [0, 0.1) is 12.3 Å². The second-order valence-electron chi connectivity index (χ2n) is 3.32. The molecule has 0 aliphatic rings. The number of nitrogens with zero attached hydrogens (tertiary/aromatic N) is 1. The largest absolute Gasteiger partial charge is 0.354 e. The number of rotatable bonds is 3. The van der Waals surface area contributed by atoms with Gasteiger partial charge in [-0.2, -0.15) is 0 Å². The van der Waals surface area contributed by atoms with E-state index in [1.165, 1.54) is 0 Å². The van der Waals surface area contributed by atoms with Crippen LogP contribution in [0.3, 0.4) is 0 Å². The third-order valence-corrected chi connectivity index (χ3v) is 2.63. The number of hydrogen-bond acceptors (Lipinski definition) is 2. The highest BCUT2D eigenvalue weighted by atomic mass is 79.9. The van der Waals surface area contributed by atoms with Crippen LogP contribution < -0.4 is 5.32 Å². The molecule has 1 heterocycles. The molecule has 1 rings (SSSR count). The van der Waals surface area contributed by atoms with E-state index < -0.39 is 0 Å². The van der Waals surface area contributed by atoms with Crippen LogP contribution >= 0.6 is 15.9 Å². The molecule has 0 bridgehead atoms. The minimum absolute atomic E-state index is 0.319. The van der Waals surface area contributed by atoms with Crippen LogP contribution in [0.5, 0.6) is 0 Å². The van der Waals surface area contributed by atoms with Gasteiger partial charge in [-0.25, -0.2) is 4.98 Å². The summed E-state index contributed by atoms with van der Waals surface area (Å²) in [5.74, 6) is 3.53. The Kier molecular flexibility index (Phi) is 3.54. The molecule has 0 aliphatic carbocycles. The smallest absolute Gasteiger partial charge is 0.127 e. The summed E-state index contributed by atoms with van der Waals surface area (Å²) < 4.78 is 0.960. The molecule has 14 heavy (non-hydrogen) atoms. The van der Waals surface area contributed by atoms with Gasteiger partial charge in [0.2, 0.25) is 0 Å². The number of aromatic nitrogens is 1. The molecule has 1 atom stereocenters. The summed E-state index contributed by atoms with van der Waals surface area (Å²) in [7, 11) is 0. The van der Waals surface area contributed by atoms with Gasteiger partial charge in [-0.3, -0.25) is 0 Å². The van der Waals surface area contributed by atoms with E-state index in [0.29, 0.717) is 0 Å². The number of hydrogen-bond donors (Lipinski definition) is 1. The Hall–Kier alpha value is -1.01. The van der Waals surface area contributed by atoms with E-state index in [0.717, 1.165) is 16.7 Å². The van der Waals surface area contributed by atoms with Gasteiger partial charge >= 0.3 is 0 Å². The van der Waals surface area contributed by atoms with Gasteiger partial charge in [0.15, 0.2) is 0 Å². The number of halogens is 1. The number of anilines is 1. The Morgan fingerprint density at radius 1 is 1.64 bits per heavy atom. The van der Waals surface area contributed by atoms with Crippen LogP contribution in [-0.4, -0.2) is 10.5 Å². The molecular formula is C11H13BrN2. The maximum absolute atomic E-state index is 5.45. The summed E-state index contributed by atoms with van der Waals surface area (Å²) >= 11 is 3.33. The van der Waals surface area contributed by atoms with Gasteiger partial charge in [-0.05, 0) is 41.4 Å². The fraction of sp³-hybridized carbons (Fsp3) is 0.364. The Labute approximate surface area is 93.3 Å². The third-order valence-electron chi connectivity index (χ3n) is 2.16. The SMILES string of the molecule is C#CC(C)(CC)Nc1ccc(Br)cn1. The summed E-state index contributed by atoms with van der Waals surface area (Å²) in [4.78, 5) is 4.21. The first kappa shape index (κ1) is 11.1. The van der Waals surface area contributed by atoms with Gasteiger partial charge in [0.1, 0.15) is 5.82 Å². The van der Waals surface area contributed by atoms with Crippen molar-refractivity contribution in [2.45, 2.75) is 25.8 Å². The van der Waals surface area contributed by atoms with E-state index in [2.05, 4.69) is 32.2 Å². The summed E-state index contributed by atoms with van der Waals surface area (Å²) in [6, 6.07) is 3.83. The molecule has 0 amide bonds. The Balaban J connectivity index is 2.79. The van der Waals surface area contributed by atoms with Crippen LogP contribution in [0.25, 0.3) is 0 Å². The van der Waals surface area contributed by atoms with Crippen LogP contribution in [0.4, 0.5) is 5.82 Å². The van der Waals surface area contributed by atoms with E-state index in [1.54, 1.807) is 6.20 Å². The third kappa shape index (κ3) is 2.74. The van der Waals surface area contributed by atoms with Crippen molar-refractivity contribution in [3.8, 4) is 12.3 Å². The Morgan fingerprint density at radius 3 is 2.79 bits per heavy atom. The molecule has 1 N–H and O–H groups in total. The van der Waals surface area contributed by atoms with Crippen molar-refractivity contribution in [3.63, 3.8) is 0 Å².